The quantitative estimate of drug-likeness (QED) is 0.850. The summed E-state index contributed by atoms with van der Waals surface area (Å²) in [5, 5.41) is 3.62. The van der Waals surface area contributed by atoms with E-state index >= 15 is 0 Å². The second-order valence-corrected chi connectivity index (χ2v) is 4.74. The molecule has 3 nitrogen and oxygen atoms in total. The van der Waals surface area contributed by atoms with E-state index in [9.17, 15) is 0 Å². The lowest BCUT2D eigenvalue weighted by Crippen LogP contribution is -2.38. The van der Waals surface area contributed by atoms with Crippen molar-refractivity contribution in [2.75, 3.05) is 6.61 Å². The highest BCUT2D eigenvalue weighted by atomic mass is 16.5. The Hall–Kier alpha value is -0.930. The van der Waals surface area contributed by atoms with Gasteiger partial charge in [-0.05, 0) is 37.0 Å². The van der Waals surface area contributed by atoms with Gasteiger partial charge >= 0.3 is 0 Å². The second kappa shape index (κ2) is 6.72. The molecule has 1 aliphatic heterocycles. The number of hydrogen-bond donors (Lipinski definition) is 1. The minimum Gasteiger partial charge on any atom is -0.378 e. The van der Waals surface area contributed by atoms with Gasteiger partial charge in [-0.1, -0.05) is 13.3 Å². The molecule has 0 amide bonds. The molecule has 1 aromatic rings. The van der Waals surface area contributed by atoms with Crippen molar-refractivity contribution in [3.8, 4) is 0 Å². The number of rotatable bonds is 5. The SMILES string of the molecule is CCCC1CC(NCc2ccncc2)CCO1. The van der Waals surface area contributed by atoms with Crippen LogP contribution in [0, 0.1) is 0 Å². The molecule has 1 saturated heterocycles. The Kier molecular flexibility index (Phi) is 4.95. The van der Waals surface area contributed by atoms with Crippen LogP contribution in [0.1, 0.15) is 38.2 Å². The van der Waals surface area contributed by atoms with Crippen molar-refractivity contribution in [1.29, 1.82) is 0 Å². The third-order valence-corrected chi connectivity index (χ3v) is 3.32. The van der Waals surface area contributed by atoms with Crippen LogP contribution in [0.2, 0.25) is 0 Å². The minimum absolute atomic E-state index is 0.462. The first-order chi connectivity index (χ1) is 8.38. The van der Waals surface area contributed by atoms with Crippen molar-refractivity contribution < 1.29 is 4.74 Å². The molecule has 2 rings (SSSR count). The molecule has 0 bridgehead atoms. The van der Waals surface area contributed by atoms with E-state index in [4.69, 9.17) is 4.74 Å². The second-order valence-electron chi connectivity index (χ2n) is 4.74. The van der Waals surface area contributed by atoms with Crippen molar-refractivity contribution in [2.45, 2.75) is 51.3 Å². The fourth-order valence-corrected chi connectivity index (χ4v) is 2.35. The van der Waals surface area contributed by atoms with Crippen LogP contribution < -0.4 is 5.32 Å². The molecule has 0 aromatic carbocycles. The molecular formula is C14H22N2O. The summed E-state index contributed by atoms with van der Waals surface area (Å²) in [6, 6.07) is 4.74. The molecule has 0 aliphatic carbocycles. The number of aromatic nitrogens is 1. The Bertz CT molecular complexity index is 313. The van der Waals surface area contributed by atoms with Gasteiger partial charge in [-0.25, -0.2) is 0 Å². The molecule has 3 heteroatoms. The van der Waals surface area contributed by atoms with Gasteiger partial charge < -0.3 is 10.1 Å². The Morgan fingerprint density at radius 2 is 2.24 bits per heavy atom. The summed E-state index contributed by atoms with van der Waals surface area (Å²) >= 11 is 0. The molecule has 1 fully saturated rings. The first-order valence-corrected chi connectivity index (χ1v) is 6.62. The lowest BCUT2D eigenvalue weighted by atomic mass is 10.00. The van der Waals surface area contributed by atoms with Gasteiger partial charge in [0, 0.05) is 31.6 Å². The van der Waals surface area contributed by atoms with E-state index in [1.165, 1.54) is 18.4 Å². The average Bonchev–Trinajstić information content (AvgIpc) is 2.39. The highest BCUT2D eigenvalue weighted by Crippen LogP contribution is 2.18. The number of nitrogens with one attached hydrogen (secondary N) is 1. The zero-order valence-corrected chi connectivity index (χ0v) is 10.6. The van der Waals surface area contributed by atoms with Gasteiger partial charge in [-0.3, -0.25) is 4.98 Å². The maximum atomic E-state index is 5.75. The van der Waals surface area contributed by atoms with Crippen molar-refractivity contribution in [2.24, 2.45) is 0 Å². The van der Waals surface area contributed by atoms with Crippen molar-refractivity contribution in [3.05, 3.63) is 30.1 Å². The summed E-state index contributed by atoms with van der Waals surface area (Å²) < 4.78 is 5.75. The zero-order chi connectivity index (χ0) is 11.9. The van der Waals surface area contributed by atoms with E-state index in [1.54, 1.807) is 0 Å². The molecule has 1 N–H and O–H groups in total. The van der Waals surface area contributed by atoms with Gasteiger partial charge in [0.25, 0.3) is 0 Å². The Labute approximate surface area is 104 Å². The molecule has 17 heavy (non-hydrogen) atoms. The van der Waals surface area contributed by atoms with Gasteiger partial charge in [0.1, 0.15) is 0 Å². The third-order valence-electron chi connectivity index (χ3n) is 3.32. The number of pyridine rings is 1. The molecule has 0 saturated carbocycles. The van der Waals surface area contributed by atoms with Crippen molar-refractivity contribution in [1.82, 2.24) is 10.3 Å². The summed E-state index contributed by atoms with van der Waals surface area (Å²) in [5.41, 5.74) is 1.30. The summed E-state index contributed by atoms with van der Waals surface area (Å²) in [4.78, 5) is 4.03. The number of ether oxygens (including phenoxy) is 1. The molecule has 0 spiro atoms. The first kappa shape index (κ1) is 12.5. The van der Waals surface area contributed by atoms with E-state index in [-0.39, 0.29) is 0 Å². The maximum absolute atomic E-state index is 5.75. The monoisotopic (exact) mass is 234 g/mol. The van der Waals surface area contributed by atoms with E-state index < -0.39 is 0 Å². The van der Waals surface area contributed by atoms with Crippen LogP contribution in [0.15, 0.2) is 24.5 Å². The largest absolute Gasteiger partial charge is 0.378 e. The van der Waals surface area contributed by atoms with Gasteiger partial charge in [-0.2, -0.15) is 0 Å². The summed E-state index contributed by atoms with van der Waals surface area (Å²) in [6.45, 7) is 4.06. The lowest BCUT2D eigenvalue weighted by molar-refractivity contribution is -0.00342. The maximum Gasteiger partial charge on any atom is 0.0589 e. The summed E-state index contributed by atoms with van der Waals surface area (Å²) in [7, 11) is 0. The first-order valence-electron chi connectivity index (χ1n) is 6.62. The highest BCUT2D eigenvalue weighted by Gasteiger charge is 2.21. The minimum atomic E-state index is 0.462. The summed E-state index contributed by atoms with van der Waals surface area (Å²) in [5.74, 6) is 0. The fraction of sp³-hybridized carbons (Fsp3) is 0.643. The predicted molar refractivity (Wildman–Crippen MR) is 68.7 cm³/mol. The highest BCUT2D eigenvalue weighted by molar-refractivity contribution is 5.09. The lowest BCUT2D eigenvalue weighted by Gasteiger charge is -2.30. The van der Waals surface area contributed by atoms with Gasteiger partial charge in [0.2, 0.25) is 0 Å². The van der Waals surface area contributed by atoms with Crippen LogP contribution in [-0.4, -0.2) is 23.7 Å². The van der Waals surface area contributed by atoms with Crippen LogP contribution in [0.5, 0.6) is 0 Å². The van der Waals surface area contributed by atoms with E-state index in [2.05, 4.69) is 29.4 Å². The van der Waals surface area contributed by atoms with E-state index in [1.807, 2.05) is 12.4 Å². The molecule has 2 unspecified atom stereocenters. The molecule has 1 aromatic heterocycles. The molecule has 94 valence electrons. The Balaban J connectivity index is 1.75. The standard InChI is InChI=1S/C14H22N2O/c1-2-3-14-10-13(6-9-17-14)16-11-12-4-7-15-8-5-12/h4-5,7-8,13-14,16H,2-3,6,9-11H2,1H3. The van der Waals surface area contributed by atoms with E-state index in [0.717, 1.165) is 26.0 Å². The van der Waals surface area contributed by atoms with Gasteiger partial charge in [-0.15, -0.1) is 0 Å². The smallest absolute Gasteiger partial charge is 0.0589 e. The molecule has 0 radical (unpaired) electrons. The van der Waals surface area contributed by atoms with Gasteiger partial charge in [0.15, 0.2) is 0 Å². The van der Waals surface area contributed by atoms with Crippen LogP contribution in [0.4, 0.5) is 0 Å². The normalized spacial score (nSPS) is 24.8. The molecular weight excluding hydrogens is 212 g/mol. The molecule has 2 heterocycles. The predicted octanol–water partition coefficient (Wildman–Crippen LogP) is 2.52. The molecule has 2 atom stereocenters. The fourth-order valence-electron chi connectivity index (χ4n) is 2.35. The average molecular weight is 234 g/mol. The Morgan fingerprint density at radius 1 is 1.41 bits per heavy atom. The van der Waals surface area contributed by atoms with E-state index in [0.29, 0.717) is 12.1 Å². The Morgan fingerprint density at radius 3 is 3.00 bits per heavy atom. The van der Waals surface area contributed by atoms with Crippen LogP contribution >= 0.6 is 0 Å². The number of nitrogens with zero attached hydrogens (tertiary/aromatic N) is 1. The third kappa shape index (κ3) is 4.10. The van der Waals surface area contributed by atoms with Crippen molar-refractivity contribution in [3.63, 3.8) is 0 Å². The van der Waals surface area contributed by atoms with Crippen LogP contribution in [0.25, 0.3) is 0 Å². The summed E-state index contributed by atoms with van der Waals surface area (Å²) in [6.07, 6.45) is 8.84. The van der Waals surface area contributed by atoms with Crippen LogP contribution in [-0.2, 0) is 11.3 Å². The van der Waals surface area contributed by atoms with Gasteiger partial charge in [0.05, 0.1) is 6.10 Å². The molecule has 1 aliphatic rings. The van der Waals surface area contributed by atoms with Crippen LogP contribution in [0.3, 0.4) is 0 Å². The topological polar surface area (TPSA) is 34.2 Å². The number of hydrogen-bond acceptors (Lipinski definition) is 3. The van der Waals surface area contributed by atoms with Crippen molar-refractivity contribution >= 4 is 0 Å². The zero-order valence-electron chi connectivity index (χ0n) is 10.6.